The molecule has 3 N–H and O–H groups in total. The number of hydrogen-bond donors (Lipinski definition) is 3. The third-order valence-corrected chi connectivity index (χ3v) is 21.1. The molecular formula is C82H160O17P2. The lowest BCUT2D eigenvalue weighted by molar-refractivity contribution is -0.161. The van der Waals surface area contributed by atoms with Crippen molar-refractivity contribution in [2.45, 2.75) is 452 Å². The summed E-state index contributed by atoms with van der Waals surface area (Å²) in [7, 11) is -9.92. The molecule has 0 aromatic carbocycles. The van der Waals surface area contributed by atoms with Gasteiger partial charge in [-0.1, -0.05) is 382 Å². The van der Waals surface area contributed by atoms with Crippen LogP contribution in [-0.2, 0) is 65.4 Å². The second-order valence-electron chi connectivity index (χ2n) is 30.5. The molecule has 0 spiro atoms. The maximum Gasteiger partial charge on any atom is 0.472 e. The Morgan fingerprint density at radius 3 is 0.673 bits per heavy atom. The minimum Gasteiger partial charge on any atom is -0.462 e. The van der Waals surface area contributed by atoms with E-state index in [0.29, 0.717) is 25.7 Å². The number of carbonyl (C=O) groups is 4. The van der Waals surface area contributed by atoms with Crippen LogP contribution in [0.25, 0.3) is 0 Å². The van der Waals surface area contributed by atoms with Crippen molar-refractivity contribution >= 4 is 39.5 Å². The van der Waals surface area contributed by atoms with Crippen LogP contribution >= 0.6 is 15.6 Å². The van der Waals surface area contributed by atoms with Gasteiger partial charge in [-0.15, -0.1) is 0 Å². The van der Waals surface area contributed by atoms with Gasteiger partial charge in [0.2, 0.25) is 0 Å². The SMILES string of the molecule is CCCCCCCCCCCCCCCCCCCCCCCC(=O)O[C@H](COC(=O)CCCCCCCCCCCCCC(C)C)COP(=O)(O)OC[C@@H](O)COP(=O)(O)OC[C@@H](COC(=O)CCCCCCCCCCCCCC)OC(=O)CCCCCCCCCCCCCC(C)C. The van der Waals surface area contributed by atoms with Gasteiger partial charge in [0, 0.05) is 25.7 Å². The van der Waals surface area contributed by atoms with E-state index in [2.05, 4.69) is 41.5 Å². The van der Waals surface area contributed by atoms with Gasteiger partial charge < -0.3 is 33.8 Å². The average molecular weight is 1480 g/mol. The lowest BCUT2D eigenvalue weighted by Gasteiger charge is -2.21. The fourth-order valence-electron chi connectivity index (χ4n) is 12.7. The highest BCUT2D eigenvalue weighted by atomic mass is 31.2. The standard InChI is InChI=1S/C82H160O17P2/c1-7-9-11-13-15-17-19-21-22-23-24-25-26-27-28-29-35-42-48-54-60-66-81(86)98-77(71-93-80(85)65-59-53-47-41-36-30-32-38-44-50-56-62-74(3)4)72-96-100(88,89)94-68-76(83)69-95-101(90,91)97-73-78(70-92-79(84)64-58-52-46-40-34-20-18-16-14-12-10-8-2)99-82(87)67-61-55-49-43-37-31-33-39-45-51-57-63-75(5)6/h74-78,83H,7-73H2,1-6H3,(H,88,89)(H,90,91)/t76-,77-,78-/m1/s1. The van der Waals surface area contributed by atoms with Gasteiger partial charge in [0.15, 0.2) is 12.2 Å². The monoisotopic (exact) mass is 1480 g/mol. The first-order valence-electron chi connectivity index (χ1n) is 42.5. The first kappa shape index (κ1) is 99.1. The second kappa shape index (κ2) is 73.6. The van der Waals surface area contributed by atoms with Crippen LogP contribution in [0.4, 0.5) is 0 Å². The number of ether oxygens (including phenoxy) is 4. The summed E-state index contributed by atoms with van der Waals surface area (Å²) in [6, 6.07) is 0. The molecule has 0 radical (unpaired) electrons. The molecule has 0 bridgehead atoms. The van der Waals surface area contributed by atoms with Crippen molar-refractivity contribution < 1.29 is 80.2 Å². The highest BCUT2D eigenvalue weighted by Gasteiger charge is 2.30. The number of hydrogen-bond acceptors (Lipinski definition) is 15. The van der Waals surface area contributed by atoms with Crippen LogP contribution in [0.15, 0.2) is 0 Å². The van der Waals surface area contributed by atoms with Crippen LogP contribution in [0.2, 0.25) is 0 Å². The summed E-state index contributed by atoms with van der Waals surface area (Å²) in [5, 5.41) is 10.6. The number of aliphatic hydroxyl groups is 1. The molecular weight excluding hydrogens is 1320 g/mol. The zero-order valence-electron chi connectivity index (χ0n) is 66.2. The van der Waals surface area contributed by atoms with Crippen molar-refractivity contribution in [1.82, 2.24) is 0 Å². The van der Waals surface area contributed by atoms with Gasteiger partial charge in [-0.2, -0.15) is 0 Å². The molecule has 0 aliphatic rings. The average Bonchev–Trinajstić information content (AvgIpc) is 1.04. The maximum absolute atomic E-state index is 13.1. The van der Waals surface area contributed by atoms with Crippen LogP contribution in [0.3, 0.4) is 0 Å². The number of phosphoric ester groups is 2. The van der Waals surface area contributed by atoms with Crippen LogP contribution in [0, 0.1) is 11.8 Å². The van der Waals surface area contributed by atoms with E-state index >= 15 is 0 Å². The minimum absolute atomic E-state index is 0.107. The quantitative estimate of drug-likeness (QED) is 0.0222. The molecule has 17 nitrogen and oxygen atoms in total. The molecule has 0 saturated heterocycles. The highest BCUT2D eigenvalue weighted by molar-refractivity contribution is 7.47. The zero-order valence-corrected chi connectivity index (χ0v) is 68.0. The minimum atomic E-state index is -4.96. The van der Waals surface area contributed by atoms with E-state index in [0.717, 1.165) is 102 Å². The first-order valence-corrected chi connectivity index (χ1v) is 45.5. The summed E-state index contributed by atoms with van der Waals surface area (Å²) in [4.78, 5) is 73.1. The van der Waals surface area contributed by atoms with Gasteiger partial charge >= 0.3 is 39.5 Å². The van der Waals surface area contributed by atoms with E-state index in [4.69, 9.17) is 37.0 Å². The Kier molecular flexibility index (Phi) is 72.2. The Balaban J connectivity index is 5.23. The number of unbranched alkanes of at least 4 members (excludes halogenated alkanes) is 51. The molecule has 0 saturated carbocycles. The first-order chi connectivity index (χ1) is 48.9. The number of carbonyl (C=O) groups excluding carboxylic acids is 4. The van der Waals surface area contributed by atoms with Gasteiger partial charge in [0.1, 0.15) is 19.3 Å². The van der Waals surface area contributed by atoms with Crippen molar-refractivity contribution in [3.05, 3.63) is 0 Å². The van der Waals surface area contributed by atoms with Crippen molar-refractivity contribution in [2.75, 3.05) is 39.6 Å². The fraction of sp³-hybridized carbons (Fsp3) is 0.951. The van der Waals surface area contributed by atoms with Crippen LogP contribution in [0.5, 0.6) is 0 Å². The Labute approximate surface area is 619 Å². The van der Waals surface area contributed by atoms with Crippen molar-refractivity contribution in [1.29, 1.82) is 0 Å². The number of aliphatic hydroxyl groups excluding tert-OH is 1. The molecule has 0 aliphatic heterocycles. The van der Waals surface area contributed by atoms with Gasteiger partial charge in [0.05, 0.1) is 26.4 Å². The van der Waals surface area contributed by atoms with E-state index in [-0.39, 0.29) is 25.7 Å². The summed E-state index contributed by atoms with van der Waals surface area (Å²) in [6.07, 6.45) is 63.8. The summed E-state index contributed by atoms with van der Waals surface area (Å²) in [5.41, 5.74) is 0. The summed E-state index contributed by atoms with van der Waals surface area (Å²) < 4.78 is 68.8. The molecule has 101 heavy (non-hydrogen) atoms. The third-order valence-electron chi connectivity index (χ3n) is 19.2. The topological polar surface area (TPSA) is 237 Å². The second-order valence-corrected chi connectivity index (χ2v) is 33.4. The third kappa shape index (κ3) is 76.1. The molecule has 5 atom stereocenters. The number of rotatable bonds is 81. The zero-order chi connectivity index (χ0) is 74.2. The van der Waals surface area contributed by atoms with Gasteiger partial charge in [-0.3, -0.25) is 37.3 Å². The fourth-order valence-corrected chi connectivity index (χ4v) is 14.3. The molecule has 0 aliphatic carbocycles. The predicted molar refractivity (Wildman–Crippen MR) is 414 cm³/mol. The normalized spacial score (nSPS) is 13.9. The lowest BCUT2D eigenvalue weighted by Crippen LogP contribution is -2.30. The van der Waals surface area contributed by atoms with Crippen molar-refractivity contribution in [2.24, 2.45) is 11.8 Å². The Morgan fingerprint density at radius 2 is 0.455 bits per heavy atom. The Bertz CT molecular complexity index is 1940. The Hall–Kier alpha value is -1.94. The molecule has 19 heteroatoms. The number of esters is 4. The van der Waals surface area contributed by atoms with Crippen molar-refractivity contribution in [3.8, 4) is 0 Å². The van der Waals surface area contributed by atoms with Crippen molar-refractivity contribution in [3.63, 3.8) is 0 Å². The summed E-state index contributed by atoms with van der Waals surface area (Å²) in [5.74, 6) is -0.571. The molecule has 0 rings (SSSR count). The molecule has 0 aromatic rings. The van der Waals surface area contributed by atoms with Crippen LogP contribution in [-0.4, -0.2) is 96.7 Å². The van der Waals surface area contributed by atoms with Gasteiger partial charge in [-0.05, 0) is 37.5 Å². The van der Waals surface area contributed by atoms with E-state index < -0.39 is 97.5 Å². The molecule has 600 valence electrons. The highest BCUT2D eigenvalue weighted by Crippen LogP contribution is 2.45. The predicted octanol–water partition coefficient (Wildman–Crippen LogP) is 24.7. The lowest BCUT2D eigenvalue weighted by atomic mass is 10.0. The summed E-state index contributed by atoms with van der Waals surface area (Å²) >= 11 is 0. The van der Waals surface area contributed by atoms with E-state index in [1.807, 2.05) is 0 Å². The molecule has 0 aromatic heterocycles. The Morgan fingerprint density at radius 1 is 0.267 bits per heavy atom. The van der Waals surface area contributed by atoms with Crippen LogP contribution < -0.4 is 0 Å². The maximum atomic E-state index is 13.1. The number of phosphoric acid groups is 2. The van der Waals surface area contributed by atoms with E-state index in [1.165, 1.54) is 250 Å². The molecule has 0 amide bonds. The van der Waals surface area contributed by atoms with E-state index in [9.17, 15) is 43.2 Å². The van der Waals surface area contributed by atoms with Gasteiger partial charge in [0.25, 0.3) is 0 Å². The molecule has 2 unspecified atom stereocenters. The van der Waals surface area contributed by atoms with E-state index in [1.54, 1.807) is 0 Å². The molecule has 0 fully saturated rings. The van der Waals surface area contributed by atoms with Crippen LogP contribution in [0.1, 0.15) is 433 Å². The smallest absolute Gasteiger partial charge is 0.462 e. The van der Waals surface area contributed by atoms with Gasteiger partial charge in [-0.25, -0.2) is 9.13 Å². The molecule has 0 heterocycles. The largest absolute Gasteiger partial charge is 0.472 e. The summed E-state index contributed by atoms with van der Waals surface area (Å²) in [6.45, 7) is 9.65.